The average molecular weight is 600 g/mol. The lowest BCUT2D eigenvalue weighted by atomic mass is 9.85. The summed E-state index contributed by atoms with van der Waals surface area (Å²) in [5.74, 6) is 0.928. The summed E-state index contributed by atoms with van der Waals surface area (Å²) >= 11 is 0. The highest BCUT2D eigenvalue weighted by molar-refractivity contribution is 6.21. The fourth-order valence-corrected chi connectivity index (χ4v) is 6.96. The van der Waals surface area contributed by atoms with Crippen molar-refractivity contribution in [3.05, 3.63) is 176 Å². The Kier molecular flexibility index (Phi) is 6.46. The third-order valence-corrected chi connectivity index (χ3v) is 9.05. The monoisotopic (exact) mass is 599 g/mol. The molecule has 9 aromatic rings. The van der Waals surface area contributed by atoms with Gasteiger partial charge in [-0.1, -0.05) is 127 Å². The van der Waals surface area contributed by atoms with Gasteiger partial charge >= 0.3 is 0 Å². The summed E-state index contributed by atoms with van der Waals surface area (Å²) in [6.07, 6.45) is 1.84. The van der Waals surface area contributed by atoms with Gasteiger partial charge in [0.15, 0.2) is 0 Å². The highest BCUT2D eigenvalue weighted by Gasteiger charge is 2.19. The summed E-state index contributed by atoms with van der Waals surface area (Å²) in [5, 5.41) is 4.91. The van der Waals surface area contributed by atoms with Gasteiger partial charge in [-0.15, -0.1) is 0 Å². The van der Waals surface area contributed by atoms with E-state index in [9.17, 15) is 0 Å². The van der Waals surface area contributed by atoms with Crippen LogP contribution in [0, 0.1) is 0 Å². The molecule has 0 N–H and O–H groups in total. The normalized spacial score (nSPS) is 11.4. The van der Waals surface area contributed by atoms with E-state index in [0.717, 1.165) is 39.4 Å². The highest BCUT2D eigenvalue weighted by Crippen LogP contribution is 2.44. The first-order chi connectivity index (χ1) is 23.3. The minimum Gasteiger partial charge on any atom is -0.292 e. The van der Waals surface area contributed by atoms with E-state index >= 15 is 0 Å². The molecule has 3 nitrogen and oxygen atoms in total. The van der Waals surface area contributed by atoms with Gasteiger partial charge in [-0.3, -0.25) is 9.55 Å². The number of fused-ring (bicyclic) bond motifs is 3. The summed E-state index contributed by atoms with van der Waals surface area (Å²) in [6, 6.07) is 60.2. The summed E-state index contributed by atoms with van der Waals surface area (Å²) in [6.45, 7) is 0. The van der Waals surface area contributed by atoms with Crippen LogP contribution < -0.4 is 0 Å². The van der Waals surface area contributed by atoms with Crippen molar-refractivity contribution in [3.8, 4) is 50.6 Å². The molecule has 0 bridgehead atoms. The number of rotatable bonds is 5. The number of aromatic nitrogens is 3. The van der Waals surface area contributed by atoms with Gasteiger partial charge in [0.05, 0.1) is 16.7 Å². The summed E-state index contributed by atoms with van der Waals surface area (Å²) in [7, 11) is 0. The molecule has 0 radical (unpaired) electrons. The fourth-order valence-electron chi connectivity index (χ4n) is 6.96. The van der Waals surface area contributed by atoms with Gasteiger partial charge in [0.25, 0.3) is 0 Å². The molecule has 2 heterocycles. The molecule has 0 aliphatic rings. The van der Waals surface area contributed by atoms with E-state index in [2.05, 4.69) is 167 Å². The number of hydrogen-bond donors (Lipinski definition) is 0. The van der Waals surface area contributed by atoms with Crippen molar-refractivity contribution in [2.45, 2.75) is 0 Å². The predicted molar refractivity (Wildman–Crippen MR) is 196 cm³/mol. The fraction of sp³-hybridized carbons (Fsp3) is 0. The van der Waals surface area contributed by atoms with Crippen LogP contribution in [0.4, 0.5) is 0 Å². The Bertz CT molecular complexity index is 2490. The van der Waals surface area contributed by atoms with Gasteiger partial charge in [-0.25, -0.2) is 4.98 Å². The molecule has 0 amide bonds. The van der Waals surface area contributed by atoms with Crippen LogP contribution in [0.15, 0.2) is 176 Å². The summed E-state index contributed by atoms with van der Waals surface area (Å²) in [4.78, 5) is 9.71. The number of hydrogen-bond acceptors (Lipinski definition) is 2. The van der Waals surface area contributed by atoms with Crippen molar-refractivity contribution in [3.63, 3.8) is 0 Å². The van der Waals surface area contributed by atoms with Crippen LogP contribution in [0.5, 0.6) is 0 Å². The molecule has 0 fully saturated rings. The summed E-state index contributed by atoms with van der Waals surface area (Å²) in [5.41, 5.74) is 11.2. The van der Waals surface area contributed by atoms with Crippen LogP contribution in [0.2, 0.25) is 0 Å². The third kappa shape index (κ3) is 4.60. The van der Waals surface area contributed by atoms with Crippen LogP contribution in [-0.2, 0) is 0 Å². The molecule has 9 rings (SSSR count). The SMILES string of the molecule is c1ccc(-n2c(-c3cccc(-c4c5ccccc5c(-c5ccc(-c6ccccn6)cc5)c5ccccc45)c3)nc3ccccc32)cc1. The first-order valence-corrected chi connectivity index (χ1v) is 15.9. The Morgan fingerprint density at radius 2 is 0.979 bits per heavy atom. The smallest absolute Gasteiger partial charge is 0.145 e. The van der Waals surface area contributed by atoms with Crippen LogP contribution in [0.3, 0.4) is 0 Å². The molecule has 2 aromatic heterocycles. The van der Waals surface area contributed by atoms with E-state index < -0.39 is 0 Å². The molecule has 0 aliphatic carbocycles. The molecule has 0 saturated carbocycles. The lowest BCUT2D eigenvalue weighted by Gasteiger charge is -2.18. The Morgan fingerprint density at radius 3 is 1.66 bits per heavy atom. The number of para-hydroxylation sites is 3. The number of pyridine rings is 1. The van der Waals surface area contributed by atoms with Gasteiger partial charge in [-0.2, -0.15) is 0 Å². The topological polar surface area (TPSA) is 30.7 Å². The molecule has 0 saturated heterocycles. The molecule has 3 heteroatoms. The lowest BCUT2D eigenvalue weighted by molar-refractivity contribution is 1.10. The van der Waals surface area contributed by atoms with E-state index in [1.807, 2.05) is 18.3 Å². The molecule has 0 spiro atoms. The van der Waals surface area contributed by atoms with Crippen LogP contribution >= 0.6 is 0 Å². The first kappa shape index (κ1) is 27.0. The lowest BCUT2D eigenvalue weighted by Crippen LogP contribution is -1.97. The van der Waals surface area contributed by atoms with Crippen molar-refractivity contribution in [2.75, 3.05) is 0 Å². The van der Waals surface area contributed by atoms with Gasteiger partial charge < -0.3 is 0 Å². The van der Waals surface area contributed by atoms with Crippen molar-refractivity contribution in [1.82, 2.24) is 14.5 Å². The highest BCUT2D eigenvalue weighted by atomic mass is 15.1. The van der Waals surface area contributed by atoms with Gasteiger partial charge in [0.1, 0.15) is 5.82 Å². The molecule has 220 valence electrons. The Morgan fingerprint density at radius 1 is 0.404 bits per heavy atom. The van der Waals surface area contributed by atoms with Gasteiger partial charge in [0, 0.05) is 23.0 Å². The zero-order valence-electron chi connectivity index (χ0n) is 25.6. The number of benzene rings is 7. The number of nitrogens with zero attached hydrogens (tertiary/aromatic N) is 3. The minimum atomic E-state index is 0.928. The second-order valence-electron chi connectivity index (χ2n) is 11.8. The average Bonchev–Trinajstić information content (AvgIpc) is 3.54. The van der Waals surface area contributed by atoms with Crippen molar-refractivity contribution >= 4 is 32.6 Å². The Labute approximate surface area is 273 Å². The minimum absolute atomic E-state index is 0.928. The van der Waals surface area contributed by atoms with Crippen molar-refractivity contribution < 1.29 is 0 Å². The van der Waals surface area contributed by atoms with Gasteiger partial charge in [-0.05, 0) is 86.3 Å². The van der Waals surface area contributed by atoms with Crippen LogP contribution in [0.1, 0.15) is 0 Å². The van der Waals surface area contributed by atoms with E-state index in [-0.39, 0.29) is 0 Å². The molecule has 47 heavy (non-hydrogen) atoms. The second-order valence-corrected chi connectivity index (χ2v) is 11.8. The Hall–Kier alpha value is -6.32. The standard InChI is InChI=1S/C44H29N3/c1-2-15-34(16-3-1)47-41-23-9-8-22-40(41)46-44(47)33-14-12-13-32(29-33)43-37-19-6-4-17-35(37)42(36-18-5-7-20-38(36)43)31-26-24-30(25-27-31)39-21-10-11-28-45-39/h1-29H. The maximum atomic E-state index is 5.16. The predicted octanol–water partition coefficient (Wildman–Crippen LogP) is 11.4. The molecule has 0 atom stereocenters. The zero-order valence-corrected chi connectivity index (χ0v) is 25.6. The van der Waals surface area contributed by atoms with Crippen LogP contribution in [-0.4, -0.2) is 14.5 Å². The Balaban J connectivity index is 1.26. The van der Waals surface area contributed by atoms with E-state index in [1.165, 1.54) is 43.8 Å². The van der Waals surface area contributed by atoms with Crippen molar-refractivity contribution in [1.29, 1.82) is 0 Å². The molecular formula is C44H29N3. The largest absolute Gasteiger partial charge is 0.292 e. The van der Waals surface area contributed by atoms with Crippen molar-refractivity contribution in [2.24, 2.45) is 0 Å². The molecule has 7 aromatic carbocycles. The number of imidazole rings is 1. The molecule has 0 aliphatic heterocycles. The summed E-state index contributed by atoms with van der Waals surface area (Å²) < 4.78 is 2.27. The molecule has 0 unspecified atom stereocenters. The van der Waals surface area contributed by atoms with E-state index in [4.69, 9.17) is 4.98 Å². The zero-order chi connectivity index (χ0) is 31.2. The van der Waals surface area contributed by atoms with E-state index in [1.54, 1.807) is 0 Å². The van der Waals surface area contributed by atoms with E-state index in [0.29, 0.717) is 0 Å². The quantitative estimate of drug-likeness (QED) is 0.184. The second kappa shape index (κ2) is 11.2. The van der Waals surface area contributed by atoms with Gasteiger partial charge in [0.2, 0.25) is 0 Å². The van der Waals surface area contributed by atoms with Crippen LogP contribution in [0.25, 0.3) is 83.2 Å². The third-order valence-electron chi connectivity index (χ3n) is 9.05. The maximum Gasteiger partial charge on any atom is 0.145 e. The maximum absolute atomic E-state index is 5.16. The first-order valence-electron chi connectivity index (χ1n) is 15.9. The molecular weight excluding hydrogens is 571 g/mol.